The van der Waals surface area contributed by atoms with Crippen molar-refractivity contribution in [3.05, 3.63) is 42.2 Å². The SMILES string of the molecule is CC(C)[C@@H](NC(=O)CSc1nnc(-c2ccco2)n1CCC(N)=O)c1ccc2c(c1)OCCCO2. The van der Waals surface area contributed by atoms with Crippen LogP contribution in [0.15, 0.2) is 46.2 Å². The quantitative estimate of drug-likeness (QED) is 0.406. The molecule has 11 heteroatoms. The molecule has 35 heavy (non-hydrogen) atoms. The summed E-state index contributed by atoms with van der Waals surface area (Å²) in [5.41, 5.74) is 6.29. The highest BCUT2D eigenvalue weighted by Gasteiger charge is 2.23. The highest BCUT2D eigenvalue weighted by atomic mass is 32.2. The second kappa shape index (κ2) is 11.3. The zero-order valence-corrected chi connectivity index (χ0v) is 20.5. The number of nitrogens with zero attached hydrogens (tertiary/aromatic N) is 3. The van der Waals surface area contributed by atoms with Gasteiger partial charge in [0.05, 0.1) is 31.3 Å². The van der Waals surface area contributed by atoms with Crippen LogP contribution in [0, 0.1) is 5.92 Å². The van der Waals surface area contributed by atoms with E-state index in [1.807, 2.05) is 18.2 Å². The van der Waals surface area contributed by atoms with Crippen LogP contribution in [0.5, 0.6) is 11.5 Å². The van der Waals surface area contributed by atoms with E-state index in [-0.39, 0.29) is 36.6 Å². The van der Waals surface area contributed by atoms with Crippen LogP contribution in [0.2, 0.25) is 0 Å². The Morgan fingerprint density at radius 3 is 2.69 bits per heavy atom. The Balaban J connectivity index is 1.45. The lowest BCUT2D eigenvalue weighted by Gasteiger charge is -2.24. The number of hydrogen-bond donors (Lipinski definition) is 2. The molecule has 1 aliphatic rings. The molecular formula is C24H29N5O5S. The van der Waals surface area contributed by atoms with Crippen LogP contribution in [0.25, 0.3) is 11.6 Å². The van der Waals surface area contributed by atoms with E-state index in [2.05, 4.69) is 29.4 Å². The third kappa shape index (κ3) is 6.16. The Bertz CT molecular complexity index is 1160. The lowest BCUT2D eigenvalue weighted by Crippen LogP contribution is -2.33. The maximum absolute atomic E-state index is 12.9. The fraction of sp³-hybridized carbons (Fsp3) is 0.417. The summed E-state index contributed by atoms with van der Waals surface area (Å²) in [5, 5.41) is 12.0. The van der Waals surface area contributed by atoms with E-state index in [1.165, 1.54) is 18.0 Å². The van der Waals surface area contributed by atoms with Crippen molar-refractivity contribution in [1.29, 1.82) is 0 Å². The van der Waals surface area contributed by atoms with E-state index < -0.39 is 5.91 Å². The largest absolute Gasteiger partial charge is 0.490 e. The van der Waals surface area contributed by atoms with Crippen molar-refractivity contribution in [2.75, 3.05) is 19.0 Å². The zero-order chi connectivity index (χ0) is 24.8. The first-order valence-corrected chi connectivity index (χ1v) is 12.5. The fourth-order valence-corrected chi connectivity index (χ4v) is 4.54. The number of hydrogen-bond acceptors (Lipinski definition) is 8. The van der Waals surface area contributed by atoms with Crippen LogP contribution in [0.3, 0.4) is 0 Å². The Morgan fingerprint density at radius 1 is 1.17 bits per heavy atom. The average molecular weight is 500 g/mol. The number of nitrogens with one attached hydrogen (secondary N) is 1. The molecule has 186 valence electrons. The van der Waals surface area contributed by atoms with Gasteiger partial charge in [0.2, 0.25) is 11.8 Å². The van der Waals surface area contributed by atoms with E-state index in [1.54, 1.807) is 16.7 Å². The highest BCUT2D eigenvalue weighted by Crippen LogP contribution is 2.34. The van der Waals surface area contributed by atoms with Gasteiger partial charge < -0.3 is 24.9 Å². The molecule has 0 saturated heterocycles. The van der Waals surface area contributed by atoms with Crippen LogP contribution < -0.4 is 20.5 Å². The van der Waals surface area contributed by atoms with Crippen LogP contribution in [-0.2, 0) is 16.1 Å². The average Bonchev–Trinajstić information content (AvgIpc) is 3.44. The summed E-state index contributed by atoms with van der Waals surface area (Å²) < 4.78 is 18.7. The number of ether oxygens (including phenoxy) is 2. The summed E-state index contributed by atoms with van der Waals surface area (Å²) in [6.45, 7) is 5.62. The predicted octanol–water partition coefficient (Wildman–Crippen LogP) is 3.18. The van der Waals surface area contributed by atoms with Crippen LogP contribution in [0.4, 0.5) is 0 Å². The molecule has 3 heterocycles. The Morgan fingerprint density at radius 2 is 1.97 bits per heavy atom. The molecule has 2 aromatic heterocycles. The fourth-order valence-electron chi connectivity index (χ4n) is 3.76. The maximum atomic E-state index is 12.9. The number of aromatic nitrogens is 3. The number of benzene rings is 1. The van der Waals surface area contributed by atoms with Crippen LogP contribution in [-0.4, -0.2) is 45.5 Å². The van der Waals surface area contributed by atoms with E-state index in [0.717, 1.165) is 17.7 Å². The van der Waals surface area contributed by atoms with Crippen molar-refractivity contribution in [1.82, 2.24) is 20.1 Å². The molecule has 4 rings (SSSR count). The van der Waals surface area contributed by atoms with Gasteiger partial charge in [-0.1, -0.05) is 31.7 Å². The molecule has 0 bridgehead atoms. The summed E-state index contributed by atoms with van der Waals surface area (Å²) in [6, 6.07) is 9.09. The molecule has 2 amide bonds. The first-order valence-electron chi connectivity index (χ1n) is 11.5. The predicted molar refractivity (Wildman–Crippen MR) is 130 cm³/mol. The monoisotopic (exact) mass is 499 g/mol. The first-order chi connectivity index (χ1) is 16.9. The summed E-state index contributed by atoms with van der Waals surface area (Å²) in [7, 11) is 0. The smallest absolute Gasteiger partial charge is 0.230 e. The summed E-state index contributed by atoms with van der Waals surface area (Å²) in [4.78, 5) is 24.3. The van der Waals surface area contributed by atoms with Gasteiger partial charge in [0.25, 0.3) is 0 Å². The topological polar surface area (TPSA) is 135 Å². The lowest BCUT2D eigenvalue weighted by atomic mass is 9.95. The number of thioether (sulfide) groups is 1. The molecule has 1 aliphatic heterocycles. The molecule has 0 aliphatic carbocycles. The van der Waals surface area contributed by atoms with Gasteiger partial charge in [-0.3, -0.25) is 14.2 Å². The second-order valence-electron chi connectivity index (χ2n) is 8.49. The van der Waals surface area contributed by atoms with Crippen LogP contribution >= 0.6 is 11.8 Å². The van der Waals surface area contributed by atoms with Gasteiger partial charge in [-0.05, 0) is 35.7 Å². The molecular weight excluding hydrogens is 470 g/mol. The van der Waals surface area contributed by atoms with Crippen molar-refractivity contribution in [2.45, 2.75) is 44.4 Å². The summed E-state index contributed by atoms with van der Waals surface area (Å²) >= 11 is 1.24. The number of rotatable bonds is 10. The zero-order valence-electron chi connectivity index (χ0n) is 19.7. The van der Waals surface area contributed by atoms with Crippen molar-refractivity contribution in [3.8, 4) is 23.1 Å². The summed E-state index contributed by atoms with van der Waals surface area (Å²) in [5.74, 6) is 2.11. The molecule has 0 radical (unpaired) electrons. The highest BCUT2D eigenvalue weighted by molar-refractivity contribution is 7.99. The van der Waals surface area contributed by atoms with Crippen molar-refractivity contribution < 1.29 is 23.5 Å². The van der Waals surface area contributed by atoms with Gasteiger partial charge in [0.15, 0.2) is 28.2 Å². The number of amides is 2. The molecule has 0 spiro atoms. The van der Waals surface area contributed by atoms with Crippen molar-refractivity contribution in [3.63, 3.8) is 0 Å². The normalized spacial score (nSPS) is 13.9. The minimum atomic E-state index is -0.437. The van der Waals surface area contributed by atoms with Gasteiger partial charge in [0, 0.05) is 19.4 Å². The van der Waals surface area contributed by atoms with Crippen molar-refractivity contribution >= 4 is 23.6 Å². The van der Waals surface area contributed by atoms with Gasteiger partial charge in [-0.15, -0.1) is 10.2 Å². The van der Waals surface area contributed by atoms with Gasteiger partial charge in [-0.2, -0.15) is 0 Å². The molecule has 0 unspecified atom stereocenters. The minimum Gasteiger partial charge on any atom is -0.490 e. The summed E-state index contributed by atoms with van der Waals surface area (Å²) in [6.07, 6.45) is 2.48. The van der Waals surface area contributed by atoms with Gasteiger partial charge in [-0.25, -0.2) is 0 Å². The third-order valence-electron chi connectivity index (χ3n) is 5.49. The maximum Gasteiger partial charge on any atom is 0.230 e. The molecule has 3 N–H and O–H groups in total. The number of carbonyl (C=O) groups excluding carboxylic acids is 2. The van der Waals surface area contributed by atoms with Gasteiger partial charge in [0.1, 0.15) is 0 Å². The van der Waals surface area contributed by atoms with Gasteiger partial charge >= 0.3 is 0 Å². The molecule has 0 saturated carbocycles. The molecule has 3 aromatic rings. The number of primary amides is 1. The van der Waals surface area contributed by atoms with E-state index in [9.17, 15) is 9.59 Å². The Kier molecular flexibility index (Phi) is 7.96. The van der Waals surface area contributed by atoms with Crippen molar-refractivity contribution in [2.24, 2.45) is 11.7 Å². The van der Waals surface area contributed by atoms with E-state index in [0.29, 0.717) is 35.7 Å². The Hall–Kier alpha value is -3.47. The molecule has 1 atom stereocenters. The van der Waals surface area contributed by atoms with E-state index >= 15 is 0 Å². The van der Waals surface area contributed by atoms with E-state index in [4.69, 9.17) is 19.6 Å². The Labute approximate surface area is 207 Å². The standard InChI is InChI=1S/C24H29N5O5S/c1-15(2)22(16-6-7-17-19(13-16)34-12-4-11-32-17)26-21(31)14-35-24-28-27-23(18-5-3-10-33-18)29(24)9-8-20(25)30/h3,5-7,10,13,15,22H,4,8-9,11-12,14H2,1-2H3,(H2,25,30)(H,26,31)/t22-/m1/s1. The second-order valence-corrected chi connectivity index (χ2v) is 9.43. The number of carbonyl (C=O) groups is 2. The molecule has 10 nitrogen and oxygen atoms in total. The number of furan rings is 1. The van der Waals surface area contributed by atoms with Crippen LogP contribution in [0.1, 0.15) is 38.3 Å². The lowest BCUT2D eigenvalue weighted by molar-refractivity contribution is -0.120. The molecule has 1 aromatic carbocycles. The number of fused-ring (bicyclic) bond motifs is 1. The minimum absolute atomic E-state index is 0.116. The first kappa shape index (κ1) is 24.6. The number of nitrogens with two attached hydrogens (primary N) is 1. The third-order valence-corrected chi connectivity index (χ3v) is 6.45. The molecule has 0 fully saturated rings.